The van der Waals surface area contributed by atoms with Gasteiger partial charge in [-0.2, -0.15) is 0 Å². The van der Waals surface area contributed by atoms with Gasteiger partial charge in [0.15, 0.2) is 0 Å². The van der Waals surface area contributed by atoms with Crippen molar-refractivity contribution in [3.8, 4) is 0 Å². The lowest BCUT2D eigenvalue weighted by atomic mass is 9.33. The zero-order valence-corrected chi connectivity index (χ0v) is 28.1. The van der Waals surface area contributed by atoms with Gasteiger partial charge in [-0.1, -0.05) is 58.9 Å². The number of hydrogen-bond acceptors (Lipinski definition) is 4. The summed E-state index contributed by atoms with van der Waals surface area (Å²) in [6, 6.07) is 0.0475. The summed E-state index contributed by atoms with van der Waals surface area (Å²) < 4.78 is 5.94. The van der Waals surface area contributed by atoms with Crippen molar-refractivity contribution < 1.29 is 19.4 Å². The number of amides is 1. The molecule has 3 unspecified atom stereocenters. The fraction of sp³-hybridized carbons (Fsp3) is 0.842. The number of carbonyl (C=O) groups excluding carboxylic acids is 2. The standard InChI is InChI=1S/C38H59NO4/c1-22(2)27-20-28(34(42)39-25-10-9-24(19-25)21-40)26-13-17-37(7)29(33(26)27)11-12-31-36(6)16-15-32(43-23(3)41)35(4,5)30(36)14-18-38(31,37)8/h9-10,24-33,40H,1,11-21H2,2-8H3,(H,39,42)/t24?,25?,26?,27-,28+,29+,30-,31+,32-,33+,36-,37+,38+/m0/s1. The molecule has 6 rings (SSSR count). The third-order valence-corrected chi connectivity index (χ3v) is 15.3. The topological polar surface area (TPSA) is 75.6 Å². The van der Waals surface area contributed by atoms with Gasteiger partial charge >= 0.3 is 5.97 Å². The zero-order chi connectivity index (χ0) is 31.1. The fourth-order valence-corrected chi connectivity index (χ4v) is 13.2. The highest BCUT2D eigenvalue weighted by atomic mass is 16.5. The number of allylic oxidation sites excluding steroid dienone is 1. The van der Waals surface area contributed by atoms with Crippen LogP contribution in [0.2, 0.25) is 0 Å². The van der Waals surface area contributed by atoms with Gasteiger partial charge in [0.25, 0.3) is 0 Å². The van der Waals surface area contributed by atoms with Crippen LogP contribution in [-0.4, -0.2) is 35.7 Å². The minimum absolute atomic E-state index is 0.0157. The highest BCUT2D eigenvalue weighted by Gasteiger charge is 2.70. The maximum atomic E-state index is 13.8. The Bertz CT molecular complexity index is 1170. The van der Waals surface area contributed by atoms with Crippen molar-refractivity contribution in [2.75, 3.05) is 6.61 Å². The lowest BCUT2D eigenvalue weighted by Crippen LogP contribution is -2.66. The van der Waals surface area contributed by atoms with Gasteiger partial charge in [-0.25, -0.2) is 0 Å². The van der Waals surface area contributed by atoms with E-state index >= 15 is 0 Å². The third kappa shape index (κ3) is 4.63. The van der Waals surface area contributed by atoms with Crippen LogP contribution in [0.1, 0.15) is 113 Å². The maximum absolute atomic E-state index is 13.8. The molecule has 6 aliphatic rings. The second-order valence-corrected chi connectivity index (χ2v) is 17.4. The summed E-state index contributed by atoms with van der Waals surface area (Å²) in [6.07, 6.45) is 15.4. The molecule has 0 aromatic carbocycles. The monoisotopic (exact) mass is 593 g/mol. The predicted molar refractivity (Wildman–Crippen MR) is 171 cm³/mol. The molecule has 0 bridgehead atoms. The van der Waals surface area contributed by atoms with Crippen LogP contribution in [0.25, 0.3) is 0 Å². The van der Waals surface area contributed by atoms with Gasteiger partial charge in [-0.05, 0) is 123 Å². The Morgan fingerprint density at radius 3 is 2.26 bits per heavy atom. The lowest BCUT2D eigenvalue weighted by molar-refractivity contribution is -0.244. The molecular weight excluding hydrogens is 534 g/mol. The Kier molecular flexibility index (Phi) is 7.83. The molecule has 2 N–H and O–H groups in total. The molecule has 13 atom stereocenters. The molecule has 5 heteroatoms. The molecule has 0 aromatic heterocycles. The first-order valence-corrected chi connectivity index (χ1v) is 17.6. The van der Waals surface area contributed by atoms with E-state index < -0.39 is 0 Å². The molecule has 43 heavy (non-hydrogen) atoms. The van der Waals surface area contributed by atoms with E-state index in [4.69, 9.17) is 4.74 Å². The van der Waals surface area contributed by atoms with Gasteiger partial charge in [0.1, 0.15) is 6.10 Å². The average molecular weight is 594 g/mol. The zero-order valence-electron chi connectivity index (χ0n) is 28.1. The van der Waals surface area contributed by atoms with Crippen molar-refractivity contribution in [3.05, 3.63) is 24.3 Å². The van der Waals surface area contributed by atoms with Crippen molar-refractivity contribution in [2.24, 2.45) is 69.0 Å². The molecule has 0 spiro atoms. The Morgan fingerprint density at radius 1 is 0.884 bits per heavy atom. The Morgan fingerprint density at radius 2 is 1.60 bits per heavy atom. The largest absolute Gasteiger partial charge is 0.462 e. The molecular formula is C38H59NO4. The Hall–Kier alpha value is -1.62. The summed E-state index contributed by atoms with van der Waals surface area (Å²) in [4.78, 5) is 25.8. The van der Waals surface area contributed by atoms with E-state index in [1.807, 2.05) is 0 Å². The van der Waals surface area contributed by atoms with Gasteiger partial charge in [0.2, 0.25) is 5.91 Å². The number of fused-ring (bicyclic) bond motifs is 7. The highest BCUT2D eigenvalue weighted by molar-refractivity contribution is 5.80. The number of aliphatic hydroxyl groups is 1. The summed E-state index contributed by atoms with van der Waals surface area (Å²) in [7, 11) is 0. The van der Waals surface area contributed by atoms with Gasteiger partial charge < -0.3 is 15.2 Å². The highest BCUT2D eigenvalue weighted by Crippen LogP contribution is 2.76. The maximum Gasteiger partial charge on any atom is 0.302 e. The number of ether oxygens (including phenoxy) is 1. The van der Waals surface area contributed by atoms with E-state index in [-0.39, 0.29) is 64.1 Å². The fourth-order valence-electron chi connectivity index (χ4n) is 13.2. The molecule has 6 aliphatic carbocycles. The normalized spacial score (nSPS) is 49.7. The van der Waals surface area contributed by atoms with Gasteiger partial charge in [0, 0.05) is 36.8 Å². The van der Waals surface area contributed by atoms with Crippen LogP contribution in [-0.2, 0) is 14.3 Å². The van der Waals surface area contributed by atoms with Crippen LogP contribution in [0.3, 0.4) is 0 Å². The summed E-state index contributed by atoms with van der Waals surface area (Å²) in [5.74, 6) is 3.57. The number of carbonyl (C=O) groups is 2. The van der Waals surface area contributed by atoms with Crippen LogP contribution in [0.15, 0.2) is 24.3 Å². The molecule has 0 heterocycles. The van der Waals surface area contributed by atoms with Crippen molar-refractivity contribution in [1.29, 1.82) is 0 Å². The Labute approximate surface area is 261 Å². The molecule has 5 saturated carbocycles. The molecule has 5 nitrogen and oxygen atoms in total. The molecule has 240 valence electrons. The number of nitrogens with one attached hydrogen (secondary N) is 1. The number of aliphatic hydroxyl groups excluding tert-OH is 1. The molecule has 0 aliphatic heterocycles. The molecule has 0 aromatic rings. The van der Waals surface area contributed by atoms with Crippen LogP contribution in [0.5, 0.6) is 0 Å². The van der Waals surface area contributed by atoms with Crippen LogP contribution >= 0.6 is 0 Å². The van der Waals surface area contributed by atoms with E-state index in [2.05, 4.69) is 65.6 Å². The summed E-state index contributed by atoms with van der Waals surface area (Å²) in [5, 5.41) is 12.9. The second kappa shape index (κ2) is 10.7. The average Bonchev–Trinajstić information content (AvgIpc) is 3.55. The van der Waals surface area contributed by atoms with Crippen LogP contribution < -0.4 is 5.32 Å². The molecule has 1 amide bonds. The minimum Gasteiger partial charge on any atom is -0.462 e. The van der Waals surface area contributed by atoms with E-state index in [1.54, 1.807) is 6.92 Å². The summed E-state index contributed by atoms with van der Waals surface area (Å²) in [5.41, 5.74) is 2.03. The first-order chi connectivity index (χ1) is 20.2. The van der Waals surface area contributed by atoms with Crippen molar-refractivity contribution in [3.63, 3.8) is 0 Å². The van der Waals surface area contributed by atoms with Gasteiger partial charge in [0.05, 0.1) is 0 Å². The SMILES string of the molecule is C=C(C)[C@@H]1C[C@@H](C(=O)NC2C=CC(CO)C2)C2CC[C@]3(C)[C@H](CC[C@@H]4[C@@]5(C)CC[C@H](OC(C)=O)C(C)(C)[C@@H]5CC[C@]43C)[C@H]21. The number of rotatable bonds is 5. The lowest BCUT2D eigenvalue weighted by Gasteiger charge is -2.72. The van der Waals surface area contributed by atoms with E-state index in [0.717, 1.165) is 32.1 Å². The van der Waals surface area contributed by atoms with Gasteiger partial charge in [-0.3, -0.25) is 9.59 Å². The molecule has 5 fully saturated rings. The first-order valence-electron chi connectivity index (χ1n) is 17.6. The second-order valence-electron chi connectivity index (χ2n) is 17.4. The molecule has 0 saturated heterocycles. The number of esters is 1. The first kappa shape index (κ1) is 31.4. The third-order valence-electron chi connectivity index (χ3n) is 15.3. The number of hydrogen-bond donors (Lipinski definition) is 2. The van der Waals surface area contributed by atoms with Crippen molar-refractivity contribution in [2.45, 2.75) is 125 Å². The van der Waals surface area contributed by atoms with Crippen LogP contribution in [0, 0.1) is 69.0 Å². The van der Waals surface area contributed by atoms with E-state index in [0.29, 0.717) is 35.5 Å². The van der Waals surface area contributed by atoms with E-state index in [9.17, 15) is 14.7 Å². The van der Waals surface area contributed by atoms with Gasteiger partial charge in [-0.15, -0.1) is 0 Å². The minimum atomic E-state index is -0.142. The van der Waals surface area contributed by atoms with Crippen molar-refractivity contribution >= 4 is 11.9 Å². The van der Waals surface area contributed by atoms with Crippen molar-refractivity contribution in [1.82, 2.24) is 5.32 Å². The quantitative estimate of drug-likeness (QED) is 0.256. The van der Waals surface area contributed by atoms with Crippen LogP contribution in [0.4, 0.5) is 0 Å². The smallest absolute Gasteiger partial charge is 0.302 e. The molecule has 0 radical (unpaired) electrons. The van der Waals surface area contributed by atoms with E-state index in [1.165, 1.54) is 37.7 Å². The summed E-state index contributed by atoms with van der Waals surface area (Å²) in [6.45, 7) is 21.1. The predicted octanol–water partition coefficient (Wildman–Crippen LogP) is 7.48. The summed E-state index contributed by atoms with van der Waals surface area (Å²) >= 11 is 0. The Balaban J connectivity index is 1.26.